The van der Waals surface area contributed by atoms with E-state index in [1.807, 2.05) is 0 Å². The minimum Gasteiger partial charge on any atom is -0.333 e. The Kier molecular flexibility index (Phi) is 5.27. The zero-order chi connectivity index (χ0) is 21.3. The lowest BCUT2D eigenvalue weighted by molar-refractivity contribution is -0.118. The molecule has 0 saturated carbocycles. The van der Waals surface area contributed by atoms with Crippen LogP contribution in [0.25, 0.3) is 10.9 Å². The fraction of sp³-hybridized carbons (Fsp3) is 0.100. The summed E-state index contributed by atoms with van der Waals surface area (Å²) in [5, 5.41) is 5.37. The van der Waals surface area contributed by atoms with Crippen LogP contribution in [0.1, 0.15) is 13.0 Å². The topological polar surface area (TPSA) is 93.1 Å². The number of hydrogen-bond acceptors (Lipinski definition) is 5. The summed E-state index contributed by atoms with van der Waals surface area (Å²) in [6, 6.07) is 11.6. The van der Waals surface area contributed by atoms with Gasteiger partial charge in [-0.1, -0.05) is 12.1 Å². The summed E-state index contributed by atoms with van der Waals surface area (Å²) < 4.78 is 42.9. The maximum atomic E-state index is 14.2. The van der Waals surface area contributed by atoms with Gasteiger partial charge in [-0.25, -0.2) is 17.8 Å². The van der Waals surface area contributed by atoms with Gasteiger partial charge in [-0.3, -0.25) is 9.52 Å². The van der Waals surface area contributed by atoms with Crippen LogP contribution in [-0.4, -0.2) is 23.9 Å². The molecule has 154 valence electrons. The van der Waals surface area contributed by atoms with Crippen LogP contribution in [0.3, 0.4) is 0 Å². The molecule has 2 N–H and O–H groups in total. The molecule has 0 spiro atoms. The minimum atomic E-state index is -3.77. The van der Waals surface area contributed by atoms with Gasteiger partial charge in [-0.15, -0.1) is 11.3 Å². The van der Waals surface area contributed by atoms with Crippen molar-refractivity contribution in [2.45, 2.75) is 17.9 Å². The molecular formula is C20H17FN4O3S2. The van der Waals surface area contributed by atoms with Crippen molar-refractivity contribution in [3.05, 3.63) is 72.1 Å². The first kappa shape index (κ1) is 20.0. The molecule has 0 fully saturated rings. The van der Waals surface area contributed by atoms with E-state index in [9.17, 15) is 17.6 Å². The molecule has 0 saturated heterocycles. The number of para-hydroxylation sites is 1. The number of thiazole rings is 1. The third-order valence-corrected chi connectivity index (χ3v) is 6.75. The zero-order valence-electron chi connectivity index (χ0n) is 15.7. The number of hydrogen-bond donors (Lipinski definition) is 2. The van der Waals surface area contributed by atoms with Crippen molar-refractivity contribution < 1.29 is 17.6 Å². The monoisotopic (exact) mass is 444 g/mol. The largest absolute Gasteiger partial charge is 0.333 e. The average Bonchev–Trinajstić information content (AvgIpc) is 3.38. The van der Waals surface area contributed by atoms with Crippen molar-refractivity contribution in [3.63, 3.8) is 0 Å². The molecule has 1 unspecified atom stereocenters. The second-order valence-corrected chi connectivity index (χ2v) is 9.11. The third-order valence-electron chi connectivity index (χ3n) is 4.57. The van der Waals surface area contributed by atoms with Crippen molar-refractivity contribution in [1.82, 2.24) is 9.55 Å². The fourth-order valence-electron chi connectivity index (χ4n) is 3.03. The normalized spacial score (nSPS) is 12.6. The maximum Gasteiger partial charge on any atom is 0.263 e. The SMILES string of the molecule is CC(C(=O)Nc1ccc(S(=O)(=O)Nc2nccs2)cc1)n1ccc2cccc(F)c21. The smallest absolute Gasteiger partial charge is 0.263 e. The van der Waals surface area contributed by atoms with E-state index in [4.69, 9.17) is 0 Å². The molecule has 2 heterocycles. The number of benzene rings is 2. The highest BCUT2D eigenvalue weighted by Gasteiger charge is 2.19. The van der Waals surface area contributed by atoms with Gasteiger partial charge in [0.15, 0.2) is 5.13 Å². The van der Waals surface area contributed by atoms with Gasteiger partial charge in [0.2, 0.25) is 5.91 Å². The number of halogens is 1. The van der Waals surface area contributed by atoms with Crippen molar-refractivity contribution in [2.75, 3.05) is 10.0 Å². The lowest BCUT2D eigenvalue weighted by Crippen LogP contribution is -2.23. The molecule has 7 nitrogen and oxygen atoms in total. The molecule has 0 aliphatic heterocycles. The number of rotatable bonds is 6. The Morgan fingerprint density at radius 1 is 1.17 bits per heavy atom. The summed E-state index contributed by atoms with van der Waals surface area (Å²) in [4.78, 5) is 16.6. The van der Waals surface area contributed by atoms with Gasteiger partial charge in [-0.05, 0) is 43.3 Å². The number of nitrogens with zero attached hydrogens (tertiary/aromatic N) is 2. The van der Waals surface area contributed by atoms with Crippen molar-refractivity contribution in [2.24, 2.45) is 0 Å². The summed E-state index contributed by atoms with van der Waals surface area (Å²) in [5.74, 6) is -0.758. The van der Waals surface area contributed by atoms with Gasteiger partial charge in [0.25, 0.3) is 10.0 Å². The van der Waals surface area contributed by atoms with Crippen LogP contribution in [0.15, 0.2) is 71.2 Å². The minimum absolute atomic E-state index is 0.0437. The number of sulfonamides is 1. The van der Waals surface area contributed by atoms with Crippen LogP contribution in [-0.2, 0) is 14.8 Å². The molecule has 0 aliphatic rings. The van der Waals surface area contributed by atoms with Crippen LogP contribution >= 0.6 is 11.3 Å². The van der Waals surface area contributed by atoms with Crippen LogP contribution in [0.4, 0.5) is 15.2 Å². The average molecular weight is 445 g/mol. The summed E-state index contributed by atoms with van der Waals surface area (Å²) >= 11 is 1.17. The highest BCUT2D eigenvalue weighted by Crippen LogP contribution is 2.24. The van der Waals surface area contributed by atoms with Gasteiger partial charge in [0.05, 0.1) is 10.4 Å². The van der Waals surface area contributed by atoms with E-state index >= 15 is 0 Å². The Morgan fingerprint density at radius 2 is 1.93 bits per heavy atom. The highest BCUT2D eigenvalue weighted by molar-refractivity contribution is 7.93. The fourth-order valence-corrected chi connectivity index (χ4v) is 4.82. The number of carbonyl (C=O) groups excluding carboxylic acids is 1. The van der Waals surface area contributed by atoms with Crippen LogP contribution in [0.5, 0.6) is 0 Å². The summed E-state index contributed by atoms with van der Waals surface area (Å²) in [6.07, 6.45) is 3.17. The van der Waals surface area contributed by atoms with Gasteiger partial charge in [0.1, 0.15) is 11.9 Å². The predicted molar refractivity (Wildman–Crippen MR) is 115 cm³/mol. The lowest BCUT2D eigenvalue weighted by Gasteiger charge is -2.16. The van der Waals surface area contributed by atoms with Crippen molar-refractivity contribution in [3.8, 4) is 0 Å². The van der Waals surface area contributed by atoms with E-state index in [0.717, 1.165) is 0 Å². The Morgan fingerprint density at radius 3 is 2.63 bits per heavy atom. The van der Waals surface area contributed by atoms with Crippen molar-refractivity contribution >= 4 is 49.0 Å². The lowest BCUT2D eigenvalue weighted by atomic mass is 10.2. The molecule has 1 amide bonds. The second kappa shape index (κ2) is 7.88. The predicted octanol–water partition coefficient (Wildman–Crippen LogP) is 4.24. The van der Waals surface area contributed by atoms with E-state index in [0.29, 0.717) is 16.6 Å². The Bertz CT molecular complexity index is 1300. The van der Waals surface area contributed by atoms with Gasteiger partial charge in [-0.2, -0.15) is 0 Å². The first-order chi connectivity index (χ1) is 14.3. The third kappa shape index (κ3) is 3.91. The Hall–Kier alpha value is -3.24. The number of carbonyl (C=O) groups is 1. The van der Waals surface area contributed by atoms with Gasteiger partial charge in [0, 0.05) is 28.8 Å². The molecular weight excluding hydrogens is 427 g/mol. The molecule has 0 aliphatic carbocycles. The summed E-state index contributed by atoms with van der Waals surface area (Å²) in [6.45, 7) is 1.66. The molecule has 4 aromatic rings. The molecule has 30 heavy (non-hydrogen) atoms. The number of fused-ring (bicyclic) bond motifs is 1. The Labute approximate surface area is 176 Å². The standard InChI is InChI=1S/C20H17FN4O3S2/c1-13(25-11-9-14-3-2-4-17(21)18(14)25)19(26)23-15-5-7-16(8-6-15)30(27,28)24-20-22-10-12-29-20/h2-13H,1H3,(H,22,24)(H,23,26). The van der Waals surface area contributed by atoms with Crippen LogP contribution in [0.2, 0.25) is 0 Å². The molecule has 2 aromatic carbocycles. The highest BCUT2D eigenvalue weighted by atomic mass is 32.2. The number of aromatic nitrogens is 2. The molecule has 10 heteroatoms. The molecule has 4 rings (SSSR count). The number of nitrogens with one attached hydrogen (secondary N) is 2. The van der Waals surface area contributed by atoms with Crippen LogP contribution in [0, 0.1) is 5.82 Å². The molecule has 0 bridgehead atoms. The second-order valence-electron chi connectivity index (χ2n) is 6.53. The van der Waals surface area contributed by atoms with E-state index in [2.05, 4.69) is 15.0 Å². The van der Waals surface area contributed by atoms with Crippen LogP contribution < -0.4 is 10.0 Å². The first-order valence-corrected chi connectivity index (χ1v) is 11.3. The van der Waals surface area contributed by atoms with Crippen molar-refractivity contribution in [1.29, 1.82) is 0 Å². The molecule has 0 radical (unpaired) electrons. The summed E-state index contributed by atoms with van der Waals surface area (Å²) in [5.41, 5.74) is 0.784. The first-order valence-electron chi connectivity index (χ1n) is 8.93. The number of amides is 1. The summed E-state index contributed by atoms with van der Waals surface area (Å²) in [7, 11) is -3.77. The Balaban J connectivity index is 1.49. The molecule has 2 aromatic heterocycles. The maximum absolute atomic E-state index is 14.2. The van der Waals surface area contributed by atoms with E-state index in [1.54, 1.807) is 41.3 Å². The van der Waals surface area contributed by atoms with Gasteiger partial charge >= 0.3 is 0 Å². The van der Waals surface area contributed by atoms with E-state index < -0.39 is 21.9 Å². The zero-order valence-corrected chi connectivity index (χ0v) is 17.4. The quantitative estimate of drug-likeness (QED) is 0.465. The van der Waals surface area contributed by atoms with Gasteiger partial charge < -0.3 is 9.88 Å². The molecule has 1 atom stereocenters. The van der Waals surface area contributed by atoms with E-state index in [-0.39, 0.29) is 15.9 Å². The number of anilines is 2. The van der Waals surface area contributed by atoms with E-state index in [1.165, 1.54) is 47.9 Å².